The highest BCUT2D eigenvalue weighted by atomic mass is 16.6. The zero-order valence-electron chi connectivity index (χ0n) is 26.1. The minimum atomic E-state index is -0.819. The van der Waals surface area contributed by atoms with Gasteiger partial charge in [-0.05, 0) is 71.3 Å². The topological polar surface area (TPSA) is 73.9 Å². The number of carbonyl (C=O) groups excluding carboxylic acids is 2. The summed E-state index contributed by atoms with van der Waals surface area (Å²) in [5.74, 6) is -0.474. The van der Waals surface area contributed by atoms with E-state index in [2.05, 4.69) is 48.7 Å². The van der Waals surface area contributed by atoms with Crippen LogP contribution in [0.4, 0.5) is 4.79 Å². The van der Waals surface area contributed by atoms with Gasteiger partial charge in [-0.2, -0.15) is 0 Å². The number of amides is 1. The fourth-order valence-corrected chi connectivity index (χ4v) is 3.96. The van der Waals surface area contributed by atoms with Crippen molar-refractivity contribution < 1.29 is 23.8 Å². The van der Waals surface area contributed by atoms with Crippen molar-refractivity contribution in [3.05, 3.63) is 72.4 Å². The first-order valence-corrected chi connectivity index (χ1v) is 15.5. The second-order valence-corrected chi connectivity index (χ2v) is 11.3. The summed E-state index contributed by atoms with van der Waals surface area (Å²) in [6.07, 6.45) is 25.4. The highest BCUT2D eigenvalue weighted by molar-refractivity contribution is 5.81. The van der Waals surface area contributed by atoms with E-state index in [-0.39, 0.29) is 6.61 Å². The Kier molecular flexibility index (Phi) is 21.0. The predicted octanol–water partition coefficient (Wildman–Crippen LogP) is 8.66. The van der Waals surface area contributed by atoms with Crippen LogP contribution in [0, 0.1) is 0 Å². The standard InChI is InChI=1S/C35H55NO5/c1-5-6-7-8-9-10-11-12-13-14-15-16-17-18-19-23-27-39-28-24-29-40-33(37)32(30-31-25-21-20-22-26-31)36-34(38)41-35(2,3)4/h9-10,12-13,15-16,20-22,25-26,32H,5-8,11,14,17-19,23-24,27-30H2,1-4H3,(H,36,38). The molecular weight excluding hydrogens is 514 g/mol. The van der Waals surface area contributed by atoms with Crippen molar-refractivity contribution in [1.29, 1.82) is 0 Å². The summed E-state index contributed by atoms with van der Waals surface area (Å²) >= 11 is 0. The SMILES string of the molecule is CCCCCC=CCC=CCC=CCCCCCOCCCOC(=O)C(Cc1ccccc1)NC(=O)OC(C)(C)C. The lowest BCUT2D eigenvalue weighted by Gasteiger charge is -2.23. The van der Waals surface area contributed by atoms with Crippen molar-refractivity contribution >= 4 is 12.1 Å². The minimum Gasteiger partial charge on any atom is -0.464 e. The van der Waals surface area contributed by atoms with Gasteiger partial charge < -0.3 is 19.5 Å². The van der Waals surface area contributed by atoms with Gasteiger partial charge in [0.2, 0.25) is 0 Å². The Balaban J connectivity index is 2.11. The van der Waals surface area contributed by atoms with Gasteiger partial charge >= 0.3 is 12.1 Å². The minimum absolute atomic E-state index is 0.245. The number of hydrogen-bond donors (Lipinski definition) is 1. The summed E-state index contributed by atoms with van der Waals surface area (Å²) in [7, 11) is 0. The molecule has 0 aromatic heterocycles. The van der Waals surface area contributed by atoms with E-state index in [1.165, 1.54) is 25.7 Å². The van der Waals surface area contributed by atoms with Crippen LogP contribution in [0.3, 0.4) is 0 Å². The molecule has 1 atom stereocenters. The van der Waals surface area contributed by atoms with Crippen molar-refractivity contribution in [2.24, 2.45) is 0 Å². The lowest BCUT2D eigenvalue weighted by atomic mass is 10.1. The molecule has 1 aromatic carbocycles. The smallest absolute Gasteiger partial charge is 0.408 e. The molecule has 0 spiro atoms. The fourth-order valence-electron chi connectivity index (χ4n) is 3.96. The van der Waals surface area contributed by atoms with Crippen LogP contribution < -0.4 is 5.32 Å². The number of benzene rings is 1. The molecule has 0 heterocycles. The van der Waals surface area contributed by atoms with Crippen molar-refractivity contribution in [3.8, 4) is 0 Å². The number of nitrogens with one attached hydrogen (secondary N) is 1. The summed E-state index contributed by atoms with van der Waals surface area (Å²) < 4.78 is 16.5. The first-order valence-electron chi connectivity index (χ1n) is 15.5. The van der Waals surface area contributed by atoms with Crippen LogP contribution in [0.25, 0.3) is 0 Å². The van der Waals surface area contributed by atoms with E-state index < -0.39 is 23.7 Å². The maximum absolute atomic E-state index is 12.7. The Morgan fingerprint density at radius 2 is 1.39 bits per heavy atom. The number of rotatable bonds is 22. The monoisotopic (exact) mass is 569 g/mol. The van der Waals surface area contributed by atoms with Gasteiger partial charge in [-0.3, -0.25) is 0 Å². The van der Waals surface area contributed by atoms with Gasteiger partial charge in [0.15, 0.2) is 0 Å². The Hall–Kier alpha value is -2.86. The van der Waals surface area contributed by atoms with Crippen LogP contribution in [0.15, 0.2) is 66.8 Å². The Morgan fingerprint density at radius 1 is 0.780 bits per heavy atom. The van der Waals surface area contributed by atoms with E-state index >= 15 is 0 Å². The quantitative estimate of drug-likeness (QED) is 0.0859. The van der Waals surface area contributed by atoms with E-state index in [1.807, 2.05) is 30.3 Å². The van der Waals surface area contributed by atoms with Crippen LogP contribution in [0.5, 0.6) is 0 Å². The lowest BCUT2D eigenvalue weighted by molar-refractivity contribution is -0.146. The summed E-state index contributed by atoms with van der Waals surface area (Å²) in [6, 6.07) is 8.71. The molecule has 6 nitrogen and oxygen atoms in total. The molecule has 1 rings (SSSR count). The number of hydrogen-bond acceptors (Lipinski definition) is 5. The molecule has 1 aromatic rings. The van der Waals surface area contributed by atoms with Crippen LogP contribution in [0.2, 0.25) is 0 Å². The molecule has 0 saturated carbocycles. The van der Waals surface area contributed by atoms with E-state index in [0.29, 0.717) is 26.1 Å². The summed E-state index contributed by atoms with van der Waals surface area (Å²) in [6.45, 7) is 9.08. The number of ether oxygens (including phenoxy) is 3. The normalized spacial score (nSPS) is 12.8. The van der Waals surface area contributed by atoms with Gasteiger partial charge in [-0.15, -0.1) is 0 Å². The van der Waals surface area contributed by atoms with Gasteiger partial charge in [0, 0.05) is 26.1 Å². The molecule has 230 valence electrons. The summed E-state index contributed by atoms with van der Waals surface area (Å²) in [4.78, 5) is 25.0. The van der Waals surface area contributed by atoms with Crippen LogP contribution in [-0.4, -0.2) is 43.5 Å². The average molecular weight is 570 g/mol. The number of alkyl carbamates (subject to hydrolysis) is 1. The van der Waals surface area contributed by atoms with E-state index in [9.17, 15) is 9.59 Å². The third-order valence-corrected chi connectivity index (χ3v) is 6.11. The molecule has 0 fully saturated rings. The first kappa shape index (κ1) is 36.2. The van der Waals surface area contributed by atoms with Gasteiger partial charge in [-0.1, -0.05) is 93.0 Å². The largest absolute Gasteiger partial charge is 0.464 e. The number of unbranched alkanes of at least 4 members (excludes halogenated alkanes) is 6. The highest BCUT2D eigenvalue weighted by Gasteiger charge is 2.25. The summed E-state index contributed by atoms with van der Waals surface area (Å²) in [5, 5.41) is 2.66. The second kappa shape index (κ2) is 23.8. The lowest BCUT2D eigenvalue weighted by Crippen LogP contribution is -2.45. The van der Waals surface area contributed by atoms with Crippen LogP contribution >= 0.6 is 0 Å². The molecule has 41 heavy (non-hydrogen) atoms. The molecule has 1 N–H and O–H groups in total. The highest BCUT2D eigenvalue weighted by Crippen LogP contribution is 2.10. The number of allylic oxidation sites excluding steroid dienone is 6. The molecular formula is C35H55NO5. The van der Waals surface area contributed by atoms with Gasteiger partial charge in [0.05, 0.1) is 6.61 Å². The summed E-state index contributed by atoms with van der Waals surface area (Å²) in [5.41, 5.74) is 0.277. The van der Waals surface area contributed by atoms with Crippen LogP contribution in [-0.2, 0) is 25.4 Å². The Morgan fingerprint density at radius 3 is 2.02 bits per heavy atom. The molecule has 6 heteroatoms. The molecule has 0 aliphatic heterocycles. The molecule has 1 unspecified atom stereocenters. The van der Waals surface area contributed by atoms with Crippen molar-refractivity contribution in [1.82, 2.24) is 5.32 Å². The third-order valence-electron chi connectivity index (χ3n) is 6.11. The molecule has 0 bridgehead atoms. The Bertz CT molecular complexity index is 886. The van der Waals surface area contributed by atoms with E-state index in [0.717, 1.165) is 44.1 Å². The average Bonchev–Trinajstić information content (AvgIpc) is 2.93. The maximum Gasteiger partial charge on any atom is 0.408 e. The van der Waals surface area contributed by atoms with E-state index in [1.54, 1.807) is 20.8 Å². The molecule has 0 aliphatic carbocycles. The predicted molar refractivity (Wildman–Crippen MR) is 169 cm³/mol. The van der Waals surface area contributed by atoms with Crippen molar-refractivity contribution in [3.63, 3.8) is 0 Å². The maximum atomic E-state index is 12.7. The Labute approximate surface area is 249 Å². The zero-order chi connectivity index (χ0) is 30.0. The molecule has 0 aliphatic rings. The van der Waals surface area contributed by atoms with Crippen molar-refractivity contribution in [2.45, 2.75) is 116 Å². The molecule has 0 saturated heterocycles. The first-order chi connectivity index (χ1) is 19.8. The van der Waals surface area contributed by atoms with Gasteiger partial charge in [0.1, 0.15) is 11.6 Å². The second-order valence-electron chi connectivity index (χ2n) is 11.3. The molecule has 0 radical (unpaired) electrons. The van der Waals surface area contributed by atoms with Gasteiger partial charge in [0.25, 0.3) is 0 Å². The third kappa shape index (κ3) is 22.5. The molecule has 1 amide bonds. The van der Waals surface area contributed by atoms with Crippen LogP contribution in [0.1, 0.15) is 104 Å². The zero-order valence-corrected chi connectivity index (χ0v) is 26.1. The van der Waals surface area contributed by atoms with E-state index in [4.69, 9.17) is 14.2 Å². The number of esters is 1. The number of carbonyl (C=O) groups is 2. The van der Waals surface area contributed by atoms with Crippen molar-refractivity contribution in [2.75, 3.05) is 19.8 Å². The fraction of sp³-hybridized carbons (Fsp3) is 0.600. The van der Waals surface area contributed by atoms with Gasteiger partial charge in [-0.25, -0.2) is 9.59 Å².